The summed E-state index contributed by atoms with van der Waals surface area (Å²) in [5.41, 5.74) is 5.82. The number of para-hydroxylation sites is 1. The lowest BCUT2D eigenvalue weighted by atomic mass is 10.0. The van der Waals surface area contributed by atoms with Crippen LogP contribution in [0.15, 0.2) is 65.5 Å². The Bertz CT molecular complexity index is 1550. The second-order valence-corrected chi connectivity index (χ2v) is 8.08. The van der Waals surface area contributed by atoms with Crippen LogP contribution in [0, 0.1) is 11.2 Å². The van der Waals surface area contributed by atoms with Crippen molar-refractivity contribution in [3.63, 3.8) is 0 Å². The zero-order chi connectivity index (χ0) is 27.4. The van der Waals surface area contributed by atoms with E-state index in [0.29, 0.717) is 17.9 Å². The average Bonchev–Trinajstić information content (AvgIpc) is 3.29. The first kappa shape index (κ1) is 25.9. The van der Waals surface area contributed by atoms with Crippen molar-refractivity contribution in [2.45, 2.75) is 13.0 Å². The Kier molecular flexibility index (Phi) is 7.42. The molecule has 1 unspecified atom stereocenters. The number of benzene rings is 3. The number of halogens is 1. The van der Waals surface area contributed by atoms with Crippen LogP contribution in [0.4, 0.5) is 10.1 Å². The number of hydrogen-bond acceptors (Lipinski definition) is 7. The van der Waals surface area contributed by atoms with E-state index in [1.807, 2.05) is 0 Å². The van der Waals surface area contributed by atoms with Crippen LogP contribution in [0.5, 0.6) is 11.5 Å². The molecule has 4 rings (SSSR count). The van der Waals surface area contributed by atoms with Crippen LogP contribution in [0.2, 0.25) is 0 Å². The van der Waals surface area contributed by atoms with E-state index >= 15 is 4.39 Å². The van der Waals surface area contributed by atoms with Crippen molar-refractivity contribution in [2.75, 3.05) is 19.0 Å². The molecule has 4 aromatic rings. The number of aromatic amines is 1. The molecule has 0 aliphatic carbocycles. The van der Waals surface area contributed by atoms with Crippen LogP contribution in [-0.2, 0) is 0 Å². The number of aromatic carboxylic acids is 1. The second kappa shape index (κ2) is 10.9. The summed E-state index contributed by atoms with van der Waals surface area (Å²) in [6, 6.07) is 14.0. The number of nitrogen functional groups attached to an aromatic ring is 1. The summed E-state index contributed by atoms with van der Waals surface area (Å²) in [5, 5.41) is 24.6. The van der Waals surface area contributed by atoms with Gasteiger partial charge in [-0.2, -0.15) is 4.68 Å². The zero-order valence-corrected chi connectivity index (χ0v) is 20.5. The topological polar surface area (TPSA) is 168 Å². The van der Waals surface area contributed by atoms with Crippen molar-refractivity contribution in [3.05, 3.63) is 99.5 Å². The maximum Gasteiger partial charge on any atom is 0.348 e. The molecule has 0 spiro atoms. The highest BCUT2D eigenvalue weighted by molar-refractivity contribution is 5.95. The molecule has 1 aromatic heterocycles. The van der Waals surface area contributed by atoms with E-state index in [9.17, 15) is 14.7 Å². The van der Waals surface area contributed by atoms with Gasteiger partial charge in [0, 0.05) is 22.9 Å². The number of ether oxygens (including phenoxy) is 2. The molecule has 11 nitrogen and oxygen atoms in total. The molecule has 38 heavy (non-hydrogen) atoms. The molecule has 0 aliphatic rings. The lowest BCUT2D eigenvalue weighted by Gasteiger charge is -2.21. The Morgan fingerprint density at radius 1 is 1.21 bits per heavy atom. The number of anilines is 1. The largest absolute Gasteiger partial charge is 0.493 e. The molecule has 0 amide bonds. The van der Waals surface area contributed by atoms with Crippen molar-refractivity contribution in [2.24, 2.45) is 5.73 Å². The molecule has 1 atom stereocenters. The highest BCUT2D eigenvalue weighted by Crippen LogP contribution is 2.35. The van der Waals surface area contributed by atoms with E-state index in [4.69, 9.17) is 20.6 Å². The third-order valence-corrected chi connectivity index (χ3v) is 5.67. The minimum absolute atomic E-state index is 0.0114. The van der Waals surface area contributed by atoms with E-state index in [0.717, 1.165) is 4.68 Å². The standard InChI is InChI=1S/C26H25FN6O5/c1-3-38-21-12-17(18(27)13-20(21)37-2)22(30-15-10-8-14(9-11-15)23(28)29)24-31-26(36)33(32-24)19-7-5-4-6-16(19)25(34)35/h4-13,22,30H,3H2,1-2H3,(H3,28,29)(H,34,35)(H,31,32,36). The highest BCUT2D eigenvalue weighted by atomic mass is 19.1. The number of methoxy groups -OCH3 is 1. The van der Waals surface area contributed by atoms with Gasteiger partial charge in [0.05, 0.1) is 25.0 Å². The van der Waals surface area contributed by atoms with Gasteiger partial charge in [-0.05, 0) is 49.4 Å². The predicted molar refractivity (Wildman–Crippen MR) is 138 cm³/mol. The first-order valence-corrected chi connectivity index (χ1v) is 11.5. The van der Waals surface area contributed by atoms with Crippen molar-refractivity contribution >= 4 is 17.5 Å². The number of nitrogens with zero attached hydrogens (tertiary/aromatic N) is 2. The predicted octanol–water partition coefficient (Wildman–Crippen LogP) is 3.29. The van der Waals surface area contributed by atoms with Crippen molar-refractivity contribution < 1.29 is 23.8 Å². The molecule has 196 valence electrons. The summed E-state index contributed by atoms with van der Waals surface area (Å²) in [6.07, 6.45) is 0. The monoisotopic (exact) mass is 520 g/mol. The number of H-pyrrole nitrogens is 1. The third-order valence-electron chi connectivity index (χ3n) is 5.67. The molecule has 1 heterocycles. The molecule has 0 fully saturated rings. The van der Waals surface area contributed by atoms with Gasteiger partial charge < -0.3 is 25.6 Å². The molecular weight excluding hydrogens is 495 g/mol. The fourth-order valence-corrected chi connectivity index (χ4v) is 3.88. The fourth-order valence-electron chi connectivity index (χ4n) is 3.88. The number of hydrogen-bond donors (Lipinski definition) is 5. The van der Waals surface area contributed by atoms with Gasteiger partial charge in [0.1, 0.15) is 17.7 Å². The Hall–Kier alpha value is -5.13. The quantitative estimate of drug-likeness (QED) is 0.157. The van der Waals surface area contributed by atoms with Crippen LogP contribution in [-0.4, -0.2) is 45.4 Å². The summed E-state index contributed by atoms with van der Waals surface area (Å²) >= 11 is 0. The molecule has 0 bridgehead atoms. The van der Waals surface area contributed by atoms with Gasteiger partial charge in [-0.1, -0.05) is 12.1 Å². The van der Waals surface area contributed by atoms with E-state index in [1.165, 1.54) is 37.4 Å². The third kappa shape index (κ3) is 5.19. The minimum atomic E-state index is -1.24. The van der Waals surface area contributed by atoms with Gasteiger partial charge in [0.15, 0.2) is 17.3 Å². The van der Waals surface area contributed by atoms with Crippen LogP contribution in [0.1, 0.15) is 40.3 Å². The molecule has 0 saturated heterocycles. The Labute approximate surface area is 216 Å². The minimum Gasteiger partial charge on any atom is -0.493 e. The number of rotatable bonds is 10. The maximum atomic E-state index is 15.4. The molecular formula is C26H25FN6O5. The van der Waals surface area contributed by atoms with E-state index in [1.54, 1.807) is 37.3 Å². The van der Waals surface area contributed by atoms with Crippen LogP contribution in [0.25, 0.3) is 5.69 Å². The summed E-state index contributed by atoms with van der Waals surface area (Å²) in [4.78, 5) is 27.3. The van der Waals surface area contributed by atoms with Gasteiger partial charge in [-0.15, -0.1) is 5.10 Å². The van der Waals surface area contributed by atoms with Crippen LogP contribution < -0.4 is 26.2 Å². The molecule has 6 N–H and O–H groups in total. The number of carboxylic acid groups (broad SMARTS) is 1. The number of carbonyl (C=O) groups is 1. The van der Waals surface area contributed by atoms with Gasteiger partial charge in [-0.3, -0.25) is 10.4 Å². The van der Waals surface area contributed by atoms with Crippen molar-refractivity contribution in [1.82, 2.24) is 14.8 Å². The SMILES string of the molecule is CCOc1cc(C(Nc2ccc(C(=N)N)cc2)c2nn(-c3ccccc3C(=O)O)c(=O)[nH]2)c(F)cc1OC. The second-order valence-electron chi connectivity index (χ2n) is 8.08. The average molecular weight is 521 g/mol. The highest BCUT2D eigenvalue weighted by Gasteiger charge is 2.26. The van der Waals surface area contributed by atoms with E-state index in [-0.39, 0.29) is 40.0 Å². The van der Waals surface area contributed by atoms with Gasteiger partial charge in [0.2, 0.25) is 0 Å². The Morgan fingerprint density at radius 2 is 1.92 bits per heavy atom. The van der Waals surface area contributed by atoms with E-state index < -0.39 is 23.5 Å². The molecule has 3 aromatic carbocycles. The first-order chi connectivity index (χ1) is 18.2. The van der Waals surface area contributed by atoms with Crippen molar-refractivity contribution in [3.8, 4) is 17.2 Å². The summed E-state index contributed by atoms with van der Waals surface area (Å²) in [7, 11) is 1.39. The Morgan fingerprint density at radius 3 is 2.55 bits per heavy atom. The Balaban J connectivity index is 1.87. The number of aromatic nitrogens is 3. The summed E-state index contributed by atoms with van der Waals surface area (Å²) in [5.74, 6) is -1.53. The number of carboxylic acids is 1. The zero-order valence-electron chi connectivity index (χ0n) is 20.5. The fraction of sp³-hybridized carbons (Fsp3) is 0.154. The van der Waals surface area contributed by atoms with Gasteiger partial charge >= 0.3 is 11.7 Å². The molecule has 0 saturated carbocycles. The smallest absolute Gasteiger partial charge is 0.348 e. The first-order valence-electron chi connectivity index (χ1n) is 11.5. The maximum absolute atomic E-state index is 15.4. The molecule has 0 aliphatic heterocycles. The van der Waals surface area contributed by atoms with Gasteiger partial charge in [-0.25, -0.2) is 14.0 Å². The molecule has 12 heteroatoms. The van der Waals surface area contributed by atoms with Crippen LogP contribution in [0.3, 0.4) is 0 Å². The number of nitrogens with two attached hydrogens (primary N) is 1. The lowest BCUT2D eigenvalue weighted by molar-refractivity contribution is 0.0696. The van der Waals surface area contributed by atoms with Crippen molar-refractivity contribution in [1.29, 1.82) is 5.41 Å². The normalized spacial score (nSPS) is 11.6. The molecule has 0 radical (unpaired) electrons. The van der Waals surface area contributed by atoms with Crippen LogP contribution >= 0.6 is 0 Å². The summed E-state index contributed by atoms with van der Waals surface area (Å²) in [6.45, 7) is 2.07. The lowest BCUT2D eigenvalue weighted by Crippen LogP contribution is -2.18. The van der Waals surface area contributed by atoms with E-state index in [2.05, 4.69) is 15.4 Å². The summed E-state index contributed by atoms with van der Waals surface area (Å²) < 4.78 is 27.2. The number of amidine groups is 1. The number of nitrogens with one attached hydrogen (secondary N) is 3. The van der Waals surface area contributed by atoms with Gasteiger partial charge in [0.25, 0.3) is 0 Å².